The van der Waals surface area contributed by atoms with E-state index in [0.29, 0.717) is 0 Å². The van der Waals surface area contributed by atoms with Gasteiger partial charge in [-0.15, -0.1) is 0 Å². The summed E-state index contributed by atoms with van der Waals surface area (Å²) < 4.78 is 0. The maximum absolute atomic E-state index is 11.7. The van der Waals surface area contributed by atoms with Gasteiger partial charge in [-0.05, 0) is 48.7 Å². The summed E-state index contributed by atoms with van der Waals surface area (Å²) in [6.07, 6.45) is 6.29. The lowest BCUT2D eigenvalue weighted by Gasteiger charge is -2.21. The SMILES string of the molecule is CC(=O)Nc1cc2c(C=Cc3cccc(N)c3)n[nH]c2cc1N1CCCC1. The van der Waals surface area contributed by atoms with Gasteiger partial charge in [-0.3, -0.25) is 9.89 Å². The molecular formula is C21H23N5O. The van der Waals surface area contributed by atoms with Gasteiger partial charge in [0.05, 0.1) is 22.6 Å². The second-order valence-electron chi connectivity index (χ2n) is 6.90. The molecule has 0 atom stereocenters. The highest BCUT2D eigenvalue weighted by Gasteiger charge is 2.18. The summed E-state index contributed by atoms with van der Waals surface area (Å²) in [6, 6.07) is 11.8. The fourth-order valence-corrected chi connectivity index (χ4v) is 3.55. The van der Waals surface area contributed by atoms with Gasteiger partial charge in [-0.25, -0.2) is 0 Å². The lowest BCUT2D eigenvalue weighted by molar-refractivity contribution is -0.114. The number of nitrogens with two attached hydrogens (primary N) is 1. The Hall–Kier alpha value is -3.28. The molecule has 138 valence electrons. The number of carbonyl (C=O) groups is 1. The van der Waals surface area contributed by atoms with Gasteiger partial charge in [0, 0.05) is 31.1 Å². The average molecular weight is 361 g/mol. The Morgan fingerprint density at radius 3 is 2.78 bits per heavy atom. The van der Waals surface area contributed by atoms with Crippen molar-refractivity contribution in [1.29, 1.82) is 0 Å². The van der Waals surface area contributed by atoms with E-state index >= 15 is 0 Å². The van der Waals surface area contributed by atoms with Gasteiger partial charge in [0.2, 0.25) is 5.91 Å². The van der Waals surface area contributed by atoms with Crippen molar-refractivity contribution in [2.75, 3.05) is 29.0 Å². The van der Waals surface area contributed by atoms with E-state index in [1.165, 1.54) is 19.8 Å². The smallest absolute Gasteiger partial charge is 0.221 e. The largest absolute Gasteiger partial charge is 0.399 e. The van der Waals surface area contributed by atoms with Crippen LogP contribution < -0.4 is 16.0 Å². The molecule has 1 aromatic heterocycles. The predicted octanol–water partition coefficient (Wildman–Crippen LogP) is 3.87. The standard InChI is InChI=1S/C21H23N5O/c1-14(27)23-20-12-17-18(8-7-15-5-4-6-16(22)11-15)24-25-19(17)13-21(20)26-9-2-3-10-26/h4-8,11-13H,2-3,9-10,22H2,1H3,(H,23,27)(H,24,25). The van der Waals surface area contributed by atoms with E-state index in [2.05, 4.69) is 26.5 Å². The number of fused-ring (bicyclic) bond motifs is 1. The zero-order chi connectivity index (χ0) is 18.8. The Morgan fingerprint density at radius 1 is 1.22 bits per heavy atom. The summed E-state index contributed by atoms with van der Waals surface area (Å²) in [4.78, 5) is 14.0. The number of nitrogens with zero attached hydrogens (tertiary/aromatic N) is 2. The lowest BCUT2D eigenvalue weighted by atomic mass is 10.1. The summed E-state index contributed by atoms with van der Waals surface area (Å²) in [6.45, 7) is 3.55. The van der Waals surface area contributed by atoms with E-state index in [4.69, 9.17) is 5.73 Å². The Morgan fingerprint density at radius 2 is 2.04 bits per heavy atom. The molecule has 3 aromatic rings. The van der Waals surface area contributed by atoms with Crippen LogP contribution in [0, 0.1) is 0 Å². The first-order valence-electron chi connectivity index (χ1n) is 9.18. The van der Waals surface area contributed by atoms with Crippen LogP contribution in [-0.2, 0) is 4.79 Å². The van der Waals surface area contributed by atoms with Crippen LogP contribution in [0.2, 0.25) is 0 Å². The normalized spacial score (nSPS) is 14.3. The number of hydrogen-bond donors (Lipinski definition) is 3. The molecule has 0 radical (unpaired) electrons. The average Bonchev–Trinajstić information content (AvgIpc) is 3.29. The minimum atomic E-state index is -0.0739. The molecule has 1 saturated heterocycles. The summed E-state index contributed by atoms with van der Waals surface area (Å²) in [5, 5.41) is 11.5. The number of benzene rings is 2. The third kappa shape index (κ3) is 3.65. The highest BCUT2D eigenvalue weighted by atomic mass is 16.1. The zero-order valence-corrected chi connectivity index (χ0v) is 15.3. The van der Waals surface area contributed by atoms with E-state index in [1.54, 1.807) is 0 Å². The van der Waals surface area contributed by atoms with E-state index in [1.807, 2.05) is 42.5 Å². The summed E-state index contributed by atoms with van der Waals surface area (Å²) in [5.41, 5.74) is 11.2. The maximum Gasteiger partial charge on any atom is 0.221 e. The number of nitrogens with one attached hydrogen (secondary N) is 2. The molecule has 1 aliphatic heterocycles. The van der Waals surface area contributed by atoms with Crippen LogP contribution in [0.1, 0.15) is 31.0 Å². The number of carbonyl (C=O) groups excluding carboxylic acids is 1. The van der Waals surface area contributed by atoms with Crippen LogP contribution in [0.5, 0.6) is 0 Å². The first-order valence-corrected chi connectivity index (χ1v) is 9.18. The van der Waals surface area contributed by atoms with Crippen molar-refractivity contribution in [1.82, 2.24) is 10.2 Å². The Balaban J connectivity index is 1.73. The molecule has 2 aromatic carbocycles. The highest BCUT2D eigenvalue weighted by Crippen LogP contribution is 2.34. The first kappa shape index (κ1) is 17.1. The molecule has 0 unspecified atom stereocenters. The van der Waals surface area contributed by atoms with Crippen LogP contribution >= 0.6 is 0 Å². The van der Waals surface area contributed by atoms with E-state index < -0.39 is 0 Å². The summed E-state index contributed by atoms with van der Waals surface area (Å²) in [5.74, 6) is -0.0739. The fraction of sp³-hybridized carbons (Fsp3) is 0.238. The van der Waals surface area contributed by atoms with Crippen LogP contribution in [0.25, 0.3) is 23.1 Å². The van der Waals surface area contributed by atoms with Crippen molar-refractivity contribution >= 4 is 46.0 Å². The number of aromatic nitrogens is 2. The molecule has 4 rings (SSSR count). The molecule has 1 amide bonds. The molecule has 6 nitrogen and oxygen atoms in total. The first-order chi connectivity index (χ1) is 13.1. The Bertz CT molecular complexity index is 1010. The van der Waals surface area contributed by atoms with Gasteiger partial charge in [0.25, 0.3) is 0 Å². The van der Waals surface area contributed by atoms with Gasteiger partial charge in [-0.2, -0.15) is 5.10 Å². The lowest BCUT2D eigenvalue weighted by Crippen LogP contribution is -2.20. The number of hydrogen-bond acceptors (Lipinski definition) is 4. The Kier molecular flexibility index (Phi) is 4.54. The number of aromatic amines is 1. The number of anilines is 3. The molecule has 4 N–H and O–H groups in total. The zero-order valence-electron chi connectivity index (χ0n) is 15.3. The number of rotatable bonds is 4. The summed E-state index contributed by atoms with van der Waals surface area (Å²) >= 11 is 0. The van der Waals surface area contributed by atoms with Crippen LogP contribution in [0.3, 0.4) is 0 Å². The van der Waals surface area contributed by atoms with Gasteiger partial charge in [0.15, 0.2) is 0 Å². The van der Waals surface area contributed by atoms with Crippen LogP contribution in [0.15, 0.2) is 36.4 Å². The molecule has 6 heteroatoms. The van der Waals surface area contributed by atoms with Crippen molar-refractivity contribution in [3.63, 3.8) is 0 Å². The van der Waals surface area contributed by atoms with Crippen molar-refractivity contribution in [3.05, 3.63) is 47.7 Å². The topological polar surface area (TPSA) is 87.0 Å². The van der Waals surface area contributed by atoms with Crippen LogP contribution in [-0.4, -0.2) is 29.2 Å². The molecular weight excluding hydrogens is 338 g/mol. The monoisotopic (exact) mass is 361 g/mol. The van der Waals surface area contributed by atoms with Gasteiger partial charge in [-0.1, -0.05) is 18.2 Å². The number of nitrogen functional groups attached to an aromatic ring is 1. The molecule has 27 heavy (non-hydrogen) atoms. The minimum absolute atomic E-state index is 0.0739. The molecule has 1 fully saturated rings. The third-order valence-corrected chi connectivity index (χ3v) is 4.81. The number of amides is 1. The van der Waals surface area contributed by atoms with Crippen molar-refractivity contribution in [2.24, 2.45) is 0 Å². The fourth-order valence-electron chi connectivity index (χ4n) is 3.55. The van der Waals surface area contributed by atoms with Gasteiger partial charge >= 0.3 is 0 Å². The maximum atomic E-state index is 11.7. The molecule has 0 aliphatic carbocycles. The molecule has 1 aliphatic rings. The van der Waals surface area contributed by atoms with Crippen molar-refractivity contribution in [3.8, 4) is 0 Å². The molecule has 0 bridgehead atoms. The number of H-pyrrole nitrogens is 1. The van der Waals surface area contributed by atoms with Crippen molar-refractivity contribution < 1.29 is 4.79 Å². The minimum Gasteiger partial charge on any atom is -0.399 e. The molecule has 0 spiro atoms. The predicted molar refractivity (Wildman–Crippen MR) is 112 cm³/mol. The highest BCUT2D eigenvalue weighted by molar-refractivity contribution is 6.00. The Labute approximate surface area is 158 Å². The van der Waals surface area contributed by atoms with E-state index in [0.717, 1.165) is 52.3 Å². The quantitative estimate of drug-likeness (QED) is 0.616. The molecule has 0 saturated carbocycles. The third-order valence-electron chi connectivity index (χ3n) is 4.81. The van der Waals surface area contributed by atoms with Crippen LogP contribution in [0.4, 0.5) is 17.1 Å². The second kappa shape index (κ2) is 7.15. The van der Waals surface area contributed by atoms with E-state index in [-0.39, 0.29) is 5.91 Å². The van der Waals surface area contributed by atoms with Gasteiger partial charge in [0.1, 0.15) is 0 Å². The molecule has 2 heterocycles. The van der Waals surface area contributed by atoms with Gasteiger partial charge < -0.3 is 16.0 Å². The van der Waals surface area contributed by atoms with Crippen molar-refractivity contribution in [2.45, 2.75) is 19.8 Å². The second-order valence-corrected chi connectivity index (χ2v) is 6.90. The van der Waals surface area contributed by atoms with E-state index in [9.17, 15) is 4.79 Å². The summed E-state index contributed by atoms with van der Waals surface area (Å²) in [7, 11) is 0.